The quantitative estimate of drug-likeness (QED) is 0.773. The maximum absolute atomic E-state index is 12.0. The Morgan fingerprint density at radius 1 is 1.43 bits per heavy atom. The maximum atomic E-state index is 12.0. The van der Waals surface area contributed by atoms with Gasteiger partial charge in [0.05, 0.1) is 18.9 Å². The van der Waals surface area contributed by atoms with E-state index in [1.807, 2.05) is 31.2 Å². The summed E-state index contributed by atoms with van der Waals surface area (Å²) in [7, 11) is 1.64. The first-order valence-electron chi connectivity index (χ1n) is 7.52. The molecule has 0 spiro atoms. The number of benzene rings is 1. The number of carbonyl (C=O) groups is 1. The van der Waals surface area contributed by atoms with Crippen molar-refractivity contribution in [2.75, 3.05) is 7.11 Å². The molecule has 0 radical (unpaired) electrons. The molecule has 1 aliphatic carbocycles. The number of aromatic nitrogens is 4. The van der Waals surface area contributed by atoms with Gasteiger partial charge in [0.25, 0.3) is 0 Å². The van der Waals surface area contributed by atoms with Gasteiger partial charge in [-0.15, -0.1) is 5.10 Å². The number of nitrogens with zero attached hydrogens (tertiary/aromatic N) is 4. The van der Waals surface area contributed by atoms with Crippen molar-refractivity contribution in [1.82, 2.24) is 25.5 Å². The minimum atomic E-state index is -0.226. The summed E-state index contributed by atoms with van der Waals surface area (Å²) >= 11 is 1.37. The summed E-state index contributed by atoms with van der Waals surface area (Å²) in [6.07, 6.45) is 2.16. The van der Waals surface area contributed by atoms with Crippen molar-refractivity contribution >= 4 is 17.7 Å². The lowest BCUT2D eigenvalue weighted by molar-refractivity contribution is -0.120. The van der Waals surface area contributed by atoms with Crippen LogP contribution in [0.2, 0.25) is 0 Å². The molecule has 23 heavy (non-hydrogen) atoms. The first kappa shape index (κ1) is 15.8. The standard InChI is InChI=1S/C15H19N5O2S/c1-10(14(21)16-12-5-6-12)23-15-17-18-19-20(15)9-11-3-7-13(22-2)8-4-11/h3-4,7-8,10,12H,5-6,9H2,1-2H3,(H,16,21). The molecule has 1 saturated carbocycles. The summed E-state index contributed by atoms with van der Waals surface area (Å²) in [5.74, 6) is 0.849. The molecule has 1 unspecified atom stereocenters. The molecule has 1 amide bonds. The van der Waals surface area contributed by atoms with E-state index >= 15 is 0 Å². The number of rotatable bonds is 7. The van der Waals surface area contributed by atoms with Gasteiger partial charge in [-0.25, -0.2) is 4.68 Å². The van der Waals surface area contributed by atoms with Gasteiger partial charge >= 0.3 is 0 Å². The highest BCUT2D eigenvalue weighted by Crippen LogP contribution is 2.24. The molecule has 0 aliphatic heterocycles. The van der Waals surface area contributed by atoms with Gasteiger partial charge in [-0.2, -0.15) is 0 Å². The van der Waals surface area contributed by atoms with E-state index in [4.69, 9.17) is 4.74 Å². The molecule has 1 N–H and O–H groups in total. The Bertz CT molecular complexity index is 669. The summed E-state index contributed by atoms with van der Waals surface area (Å²) < 4.78 is 6.85. The van der Waals surface area contributed by atoms with Gasteiger partial charge in [0.1, 0.15) is 5.75 Å². The van der Waals surface area contributed by atoms with Gasteiger partial charge in [-0.1, -0.05) is 23.9 Å². The fraction of sp³-hybridized carbons (Fsp3) is 0.467. The number of amides is 1. The maximum Gasteiger partial charge on any atom is 0.233 e. The molecular formula is C15H19N5O2S. The van der Waals surface area contributed by atoms with Crippen molar-refractivity contribution in [3.63, 3.8) is 0 Å². The van der Waals surface area contributed by atoms with Crippen LogP contribution in [0.1, 0.15) is 25.3 Å². The molecule has 2 aromatic rings. The SMILES string of the molecule is COc1ccc(Cn2nnnc2SC(C)C(=O)NC2CC2)cc1. The number of nitrogens with one attached hydrogen (secondary N) is 1. The highest BCUT2D eigenvalue weighted by atomic mass is 32.2. The highest BCUT2D eigenvalue weighted by molar-refractivity contribution is 8.00. The Balaban J connectivity index is 1.62. The molecule has 1 aromatic heterocycles. The largest absolute Gasteiger partial charge is 0.497 e. The van der Waals surface area contributed by atoms with Crippen LogP contribution in [0.25, 0.3) is 0 Å². The number of tetrazole rings is 1. The molecule has 1 atom stereocenters. The number of carbonyl (C=O) groups excluding carboxylic acids is 1. The number of ether oxygens (including phenoxy) is 1. The van der Waals surface area contributed by atoms with Crippen LogP contribution in [0.15, 0.2) is 29.4 Å². The summed E-state index contributed by atoms with van der Waals surface area (Å²) in [5.41, 5.74) is 1.06. The van der Waals surface area contributed by atoms with Crippen molar-refractivity contribution < 1.29 is 9.53 Å². The van der Waals surface area contributed by atoms with Crippen LogP contribution in [0, 0.1) is 0 Å². The number of methoxy groups -OCH3 is 1. The third-order valence-electron chi connectivity index (χ3n) is 3.57. The third kappa shape index (κ3) is 4.22. The Labute approximate surface area is 138 Å². The van der Waals surface area contributed by atoms with E-state index in [-0.39, 0.29) is 11.2 Å². The molecule has 3 rings (SSSR count). The zero-order valence-electron chi connectivity index (χ0n) is 13.1. The lowest BCUT2D eigenvalue weighted by Crippen LogP contribution is -2.32. The van der Waals surface area contributed by atoms with Crippen molar-refractivity contribution in [1.29, 1.82) is 0 Å². The first-order valence-corrected chi connectivity index (χ1v) is 8.40. The molecule has 1 aromatic carbocycles. The molecule has 1 aliphatic rings. The second-order valence-electron chi connectivity index (χ2n) is 5.51. The second kappa shape index (κ2) is 6.99. The fourth-order valence-electron chi connectivity index (χ4n) is 2.04. The van der Waals surface area contributed by atoms with Crippen LogP contribution in [0.4, 0.5) is 0 Å². The van der Waals surface area contributed by atoms with Crippen LogP contribution < -0.4 is 10.1 Å². The monoisotopic (exact) mass is 333 g/mol. The summed E-state index contributed by atoms with van der Waals surface area (Å²) in [6, 6.07) is 8.10. The lowest BCUT2D eigenvalue weighted by Gasteiger charge is -2.11. The number of hydrogen-bond donors (Lipinski definition) is 1. The smallest absolute Gasteiger partial charge is 0.233 e. The molecule has 0 saturated heterocycles. The van der Waals surface area contributed by atoms with E-state index in [1.54, 1.807) is 11.8 Å². The minimum absolute atomic E-state index is 0.0384. The molecule has 122 valence electrons. The van der Waals surface area contributed by atoms with Crippen LogP contribution in [0.3, 0.4) is 0 Å². The van der Waals surface area contributed by atoms with Crippen LogP contribution in [0.5, 0.6) is 5.75 Å². The molecule has 1 fully saturated rings. The Morgan fingerprint density at radius 3 is 2.83 bits per heavy atom. The van der Waals surface area contributed by atoms with E-state index in [0.717, 1.165) is 24.2 Å². The topological polar surface area (TPSA) is 81.9 Å². The van der Waals surface area contributed by atoms with Gasteiger partial charge in [0.2, 0.25) is 11.1 Å². The Morgan fingerprint density at radius 2 is 2.17 bits per heavy atom. The lowest BCUT2D eigenvalue weighted by atomic mass is 10.2. The van der Waals surface area contributed by atoms with Gasteiger partial charge in [0, 0.05) is 6.04 Å². The van der Waals surface area contributed by atoms with Crippen molar-refractivity contribution in [2.24, 2.45) is 0 Å². The number of thioether (sulfide) groups is 1. The summed E-state index contributed by atoms with van der Waals surface area (Å²) in [6.45, 7) is 2.42. The predicted molar refractivity (Wildman–Crippen MR) is 86.4 cm³/mol. The highest BCUT2D eigenvalue weighted by Gasteiger charge is 2.26. The average molecular weight is 333 g/mol. The predicted octanol–water partition coefficient (Wildman–Crippen LogP) is 1.49. The van der Waals surface area contributed by atoms with E-state index in [1.165, 1.54) is 11.8 Å². The van der Waals surface area contributed by atoms with Crippen molar-refractivity contribution in [3.8, 4) is 5.75 Å². The van der Waals surface area contributed by atoms with Crippen LogP contribution >= 0.6 is 11.8 Å². The van der Waals surface area contributed by atoms with E-state index in [2.05, 4.69) is 20.8 Å². The average Bonchev–Trinajstić information content (AvgIpc) is 3.27. The molecule has 7 nitrogen and oxygen atoms in total. The zero-order chi connectivity index (χ0) is 16.2. The van der Waals surface area contributed by atoms with Gasteiger partial charge < -0.3 is 10.1 Å². The Kier molecular flexibility index (Phi) is 4.80. The summed E-state index contributed by atoms with van der Waals surface area (Å²) in [4.78, 5) is 12.0. The van der Waals surface area contributed by atoms with Crippen molar-refractivity contribution in [3.05, 3.63) is 29.8 Å². The zero-order valence-corrected chi connectivity index (χ0v) is 13.9. The Hall–Kier alpha value is -2.09. The van der Waals surface area contributed by atoms with Crippen molar-refractivity contribution in [2.45, 2.75) is 42.8 Å². The number of hydrogen-bond acceptors (Lipinski definition) is 6. The normalized spacial score (nSPS) is 15.2. The summed E-state index contributed by atoms with van der Waals surface area (Å²) in [5, 5.41) is 15.2. The van der Waals surface area contributed by atoms with E-state index < -0.39 is 0 Å². The van der Waals surface area contributed by atoms with Gasteiger partial charge in [0.15, 0.2) is 0 Å². The molecule has 0 bridgehead atoms. The van der Waals surface area contributed by atoms with Gasteiger partial charge in [-0.05, 0) is 47.9 Å². The van der Waals surface area contributed by atoms with E-state index in [9.17, 15) is 4.79 Å². The fourth-order valence-corrected chi connectivity index (χ4v) is 2.84. The second-order valence-corrected chi connectivity index (χ2v) is 6.82. The molecular weight excluding hydrogens is 314 g/mol. The minimum Gasteiger partial charge on any atom is -0.497 e. The molecule has 8 heteroatoms. The van der Waals surface area contributed by atoms with Gasteiger partial charge in [-0.3, -0.25) is 4.79 Å². The third-order valence-corrected chi connectivity index (χ3v) is 4.64. The van der Waals surface area contributed by atoms with Crippen LogP contribution in [-0.2, 0) is 11.3 Å². The van der Waals surface area contributed by atoms with Crippen LogP contribution in [-0.4, -0.2) is 44.5 Å². The first-order chi connectivity index (χ1) is 11.2. The van der Waals surface area contributed by atoms with E-state index in [0.29, 0.717) is 17.7 Å². The molecule has 1 heterocycles.